The van der Waals surface area contributed by atoms with Crippen LogP contribution in [0.1, 0.15) is 54.6 Å². The molecular weight excluding hydrogens is 484 g/mol. The fourth-order valence-electron chi connectivity index (χ4n) is 3.93. The summed E-state index contributed by atoms with van der Waals surface area (Å²) in [6.07, 6.45) is -0.171. The Morgan fingerprint density at radius 1 is 0.553 bits per heavy atom. The van der Waals surface area contributed by atoms with E-state index in [0.29, 0.717) is 33.9 Å². The molecule has 0 saturated heterocycles. The summed E-state index contributed by atoms with van der Waals surface area (Å²) >= 11 is 0. The topological polar surface area (TPSA) is 119 Å². The van der Waals surface area contributed by atoms with Crippen molar-refractivity contribution >= 4 is 23.5 Å². The lowest BCUT2D eigenvalue weighted by molar-refractivity contribution is -0.137. The third-order valence-electron chi connectivity index (χ3n) is 6.21. The van der Waals surface area contributed by atoms with Gasteiger partial charge in [-0.2, -0.15) is 0 Å². The molecule has 196 valence electrons. The maximum atomic E-state index is 12.3. The molecule has 0 radical (unpaired) electrons. The highest BCUT2D eigenvalue weighted by Gasteiger charge is 2.17. The second kappa shape index (κ2) is 12.0. The lowest BCUT2D eigenvalue weighted by Crippen LogP contribution is -2.11. The maximum absolute atomic E-state index is 12.3. The van der Waals surface area contributed by atoms with Gasteiger partial charge in [-0.25, -0.2) is 0 Å². The Labute approximate surface area is 220 Å². The molecule has 0 spiro atoms. The van der Waals surface area contributed by atoms with Gasteiger partial charge in [-0.3, -0.25) is 19.2 Å². The number of aliphatic carboxylic acids is 2. The van der Waals surface area contributed by atoms with Gasteiger partial charge < -0.3 is 19.3 Å². The first kappa shape index (κ1) is 27.9. The second-order valence-electron chi connectivity index (χ2n) is 9.07. The first-order valence-electron chi connectivity index (χ1n) is 11.9. The van der Waals surface area contributed by atoms with E-state index < -0.39 is 11.9 Å². The first-order chi connectivity index (χ1) is 18.0. The van der Waals surface area contributed by atoms with Gasteiger partial charge in [0.15, 0.2) is 0 Å². The highest BCUT2D eigenvalue weighted by atomic mass is 16.4. The fraction of sp³-hybridized carbons (Fsp3) is 0.200. The van der Waals surface area contributed by atoms with E-state index in [1.165, 1.54) is 0 Å². The van der Waals surface area contributed by atoms with E-state index in [1.807, 2.05) is 38.1 Å². The molecule has 0 saturated carbocycles. The molecule has 8 heteroatoms. The highest BCUT2D eigenvalue weighted by Crippen LogP contribution is 2.16. The van der Waals surface area contributed by atoms with E-state index in [0.717, 1.165) is 11.1 Å². The summed E-state index contributed by atoms with van der Waals surface area (Å²) in [4.78, 5) is 46.0. The number of hydrogen-bond donors (Lipinski definition) is 2. The zero-order valence-corrected chi connectivity index (χ0v) is 21.8. The Kier molecular flexibility index (Phi) is 8.81. The van der Waals surface area contributed by atoms with Crippen LogP contribution in [0.2, 0.25) is 0 Å². The van der Waals surface area contributed by atoms with Gasteiger partial charge in [0, 0.05) is 36.6 Å². The minimum atomic E-state index is -0.907. The molecule has 0 atom stereocenters. The molecule has 4 aromatic rings. The van der Waals surface area contributed by atoms with E-state index in [2.05, 4.69) is 0 Å². The van der Waals surface area contributed by atoms with Gasteiger partial charge in [-0.05, 0) is 38.1 Å². The van der Waals surface area contributed by atoms with Crippen molar-refractivity contribution in [3.8, 4) is 0 Å². The average molecular weight is 515 g/mol. The number of aromatic nitrogens is 2. The van der Waals surface area contributed by atoms with E-state index in [-0.39, 0.29) is 24.4 Å². The SMILES string of the molecule is Cc1ccc(C(=O)c2ccc(CC(=O)O)n2C)cc1.Cc1ccc(C(=O)c2ccc(CC(=O)O)n2C)cc1. The van der Waals surface area contributed by atoms with Crippen LogP contribution in [-0.4, -0.2) is 42.9 Å². The van der Waals surface area contributed by atoms with Gasteiger partial charge in [0.1, 0.15) is 0 Å². The van der Waals surface area contributed by atoms with Crippen molar-refractivity contribution in [3.63, 3.8) is 0 Å². The van der Waals surface area contributed by atoms with Crippen LogP contribution in [0.3, 0.4) is 0 Å². The van der Waals surface area contributed by atoms with Crippen molar-refractivity contribution in [2.24, 2.45) is 14.1 Å². The fourth-order valence-corrected chi connectivity index (χ4v) is 3.93. The van der Waals surface area contributed by atoms with Crippen molar-refractivity contribution in [1.29, 1.82) is 0 Å². The zero-order chi connectivity index (χ0) is 28.0. The molecule has 8 nitrogen and oxygen atoms in total. The third-order valence-corrected chi connectivity index (χ3v) is 6.21. The van der Waals surface area contributed by atoms with Gasteiger partial charge in [0.05, 0.1) is 24.2 Å². The molecular formula is C30H30N2O6. The van der Waals surface area contributed by atoms with Crippen molar-refractivity contribution < 1.29 is 29.4 Å². The summed E-state index contributed by atoms with van der Waals surface area (Å²) in [5.41, 5.74) is 5.62. The molecule has 0 bridgehead atoms. The van der Waals surface area contributed by atoms with Crippen LogP contribution in [0, 0.1) is 13.8 Å². The Bertz CT molecular complexity index is 1360. The number of carboxylic acid groups (broad SMARTS) is 2. The second-order valence-corrected chi connectivity index (χ2v) is 9.07. The minimum Gasteiger partial charge on any atom is -0.481 e. The predicted octanol–water partition coefficient (Wildman–Crippen LogP) is 4.38. The third kappa shape index (κ3) is 6.73. The van der Waals surface area contributed by atoms with Gasteiger partial charge in [-0.15, -0.1) is 0 Å². The number of carbonyl (C=O) groups excluding carboxylic acids is 2. The molecule has 2 aromatic carbocycles. The Morgan fingerprint density at radius 3 is 1.16 bits per heavy atom. The molecule has 0 aliphatic heterocycles. The Hall–Kier alpha value is -4.72. The number of benzene rings is 2. The lowest BCUT2D eigenvalue weighted by Gasteiger charge is -2.06. The smallest absolute Gasteiger partial charge is 0.309 e. The number of carbonyl (C=O) groups is 4. The summed E-state index contributed by atoms with van der Waals surface area (Å²) in [7, 11) is 3.42. The lowest BCUT2D eigenvalue weighted by atomic mass is 10.1. The van der Waals surface area contributed by atoms with Crippen LogP contribution in [0.25, 0.3) is 0 Å². The predicted molar refractivity (Wildman–Crippen MR) is 143 cm³/mol. The van der Waals surface area contributed by atoms with Crippen LogP contribution in [0.15, 0.2) is 72.8 Å². The van der Waals surface area contributed by atoms with Crippen LogP contribution in [0.5, 0.6) is 0 Å². The largest absolute Gasteiger partial charge is 0.481 e. The molecule has 0 aliphatic rings. The summed E-state index contributed by atoms with van der Waals surface area (Å²) < 4.78 is 3.27. The standard InChI is InChI=1S/2C15H15NO3/c2*1-10-3-5-11(6-4-10)15(19)13-8-7-12(16(13)2)9-14(17)18/h2*3-8H,9H2,1-2H3,(H,17,18). The van der Waals surface area contributed by atoms with E-state index in [4.69, 9.17) is 10.2 Å². The summed E-state index contributed by atoms with van der Waals surface area (Å²) in [6, 6.07) is 21.3. The molecule has 2 aromatic heterocycles. The molecule has 0 amide bonds. The number of aryl methyl sites for hydroxylation is 2. The molecule has 4 rings (SSSR count). The van der Waals surface area contributed by atoms with Crippen molar-refractivity contribution in [2.45, 2.75) is 26.7 Å². The summed E-state index contributed by atoms with van der Waals surface area (Å²) in [6.45, 7) is 3.92. The molecule has 2 heterocycles. The Morgan fingerprint density at radius 2 is 0.868 bits per heavy atom. The minimum absolute atomic E-state index is 0.0856. The van der Waals surface area contributed by atoms with Crippen LogP contribution >= 0.6 is 0 Å². The number of rotatable bonds is 8. The van der Waals surface area contributed by atoms with Crippen molar-refractivity contribution in [3.05, 3.63) is 118 Å². The average Bonchev–Trinajstić information content (AvgIpc) is 3.41. The number of hydrogen-bond acceptors (Lipinski definition) is 4. The summed E-state index contributed by atoms with van der Waals surface area (Å²) in [5, 5.41) is 17.6. The van der Waals surface area contributed by atoms with Gasteiger partial charge in [0.2, 0.25) is 11.6 Å². The molecule has 2 N–H and O–H groups in total. The molecule has 0 fully saturated rings. The molecule has 0 unspecified atom stereocenters. The van der Waals surface area contributed by atoms with Crippen LogP contribution in [-0.2, 0) is 36.5 Å². The Balaban J connectivity index is 0.000000211. The quantitative estimate of drug-likeness (QED) is 0.337. The van der Waals surface area contributed by atoms with E-state index in [9.17, 15) is 19.2 Å². The number of nitrogens with zero attached hydrogens (tertiary/aromatic N) is 2. The van der Waals surface area contributed by atoms with Crippen LogP contribution < -0.4 is 0 Å². The first-order valence-corrected chi connectivity index (χ1v) is 11.9. The normalized spacial score (nSPS) is 10.4. The van der Waals surface area contributed by atoms with Crippen molar-refractivity contribution in [1.82, 2.24) is 9.13 Å². The van der Waals surface area contributed by atoms with Crippen molar-refractivity contribution in [2.75, 3.05) is 0 Å². The number of carboxylic acids is 2. The van der Waals surface area contributed by atoms with Crippen LogP contribution in [0.4, 0.5) is 0 Å². The molecule has 0 aliphatic carbocycles. The highest BCUT2D eigenvalue weighted by molar-refractivity contribution is 6.08. The van der Waals surface area contributed by atoms with Gasteiger partial charge >= 0.3 is 11.9 Å². The monoisotopic (exact) mass is 514 g/mol. The van der Waals surface area contributed by atoms with E-state index >= 15 is 0 Å². The number of ketones is 2. The zero-order valence-electron chi connectivity index (χ0n) is 21.8. The van der Waals surface area contributed by atoms with Gasteiger partial charge in [-0.1, -0.05) is 59.7 Å². The maximum Gasteiger partial charge on any atom is 0.309 e. The van der Waals surface area contributed by atoms with E-state index in [1.54, 1.807) is 71.8 Å². The summed E-state index contributed by atoms with van der Waals surface area (Å²) in [5.74, 6) is -2.01. The van der Waals surface area contributed by atoms with Gasteiger partial charge in [0.25, 0.3) is 0 Å². The molecule has 38 heavy (non-hydrogen) atoms.